The summed E-state index contributed by atoms with van der Waals surface area (Å²) in [6.07, 6.45) is 4.98. The summed E-state index contributed by atoms with van der Waals surface area (Å²) in [4.78, 5) is 31.4. The van der Waals surface area contributed by atoms with Crippen LogP contribution in [0.1, 0.15) is 29.3 Å². The van der Waals surface area contributed by atoms with Gasteiger partial charge in [-0.05, 0) is 30.5 Å². The van der Waals surface area contributed by atoms with Crippen molar-refractivity contribution in [3.8, 4) is 11.3 Å². The second-order valence-electron chi connectivity index (χ2n) is 6.01. The Labute approximate surface area is 161 Å². The summed E-state index contributed by atoms with van der Waals surface area (Å²) in [7, 11) is 0. The van der Waals surface area contributed by atoms with Gasteiger partial charge in [0.25, 0.3) is 5.91 Å². The number of carbonyl (C=O) groups is 2. The van der Waals surface area contributed by atoms with E-state index >= 15 is 0 Å². The normalized spacial score (nSPS) is 10.4. The summed E-state index contributed by atoms with van der Waals surface area (Å²) in [5.41, 5.74) is 3.59. The van der Waals surface area contributed by atoms with Crippen LogP contribution >= 0.6 is 11.3 Å². The van der Waals surface area contributed by atoms with Crippen LogP contribution in [0.15, 0.2) is 54.2 Å². The largest absolute Gasteiger partial charge is 0.356 e. The lowest BCUT2D eigenvalue weighted by Gasteiger charge is -2.04. The quantitative estimate of drug-likeness (QED) is 0.614. The maximum atomic E-state index is 12.2. The maximum absolute atomic E-state index is 12.2. The summed E-state index contributed by atoms with van der Waals surface area (Å²) >= 11 is 1.39. The van der Waals surface area contributed by atoms with E-state index in [0.29, 0.717) is 17.2 Å². The highest BCUT2D eigenvalue weighted by Gasteiger charge is 2.10. The molecule has 0 spiro atoms. The van der Waals surface area contributed by atoms with Gasteiger partial charge in [-0.3, -0.25) is 19.9 Å². The maximum Gasteiger partial charge on any atom is 0.257 e. The minimum absolute atomic E-state index is 0.000654. The van der Waals surface area contributed by atoms with Gasteiger partial charge in [-0.25, -0.2) is 4.98 Å². The molecule has 0 aliphatic carbocycles. The molecule has 3 aromatic rings. The van der Waals surface area contributed by atoms with Crippen molar-refractivity contribution in [2.24, 2.45) is 0 Å². The van der Waals surface area contributed by atoms with Gasteiger partial charge in [-0.15, -0.1) is 11.3 Å². The average molecular weight is 380 g/mol. The molecule has 2 aromatic heterocycles. The number of amides is 2. The number of aromatic nitrogens is 2. The van der Waals surface area contributed by atoms with Crippen LogP contribution in [0.5, 0.6) is 0 Å². The summed E-state index contributed by atoms with van der Waals surface area (Å²) in [6, 6.07) is 11.5. The molecule has 0 atom stereocenters. The fourth-order valence-corrected chi connectivity index (χ4v) is 3.25. The number of anilines is 1. The Morgan fingerprint density at radius 3 is 2.52 bits per heavy atom. The Balaban J connectivity index is 1.57. The van der Waals surface area contributed by atoms with E-state index < -0.39 is 0 Å². The molecule has 1 aromatic carbocycles. The molecule has 6 nitrogen and oxygen atoms in total. The molecule has 0 bridgehead atoms. The molecule has 7 heteroatoms. The lowest BCUT2D eigenvalue weighted by atomic mass is 10.1. The van der Waals surface area contributed by atoms with Gasteiger partial charge >= 0.3 is 0 Å². The lowest BCUT2D eigenvalue weighted by Crippen LogP contribution is -2.21. The summed E-state index contributed by atoms with van der Waals surface area (Å²) in [5.74, 6) is -0.200. The van der Waals surface area contributed by atoms with E-state index in [0.717, 1.165) is 24.1 Å². The minimum atomic E-state index is -0.201. The van der Waals surface area contributed by atoms with Gasteiger partial charge in [0.05, 0.1) is 5.69 Å². The fourth-order valence-electron chi connectivity index (χ4n) is 2.54. The molecule has 2 heterocycles. The van der Waals surface area contributed by atoms with Crippen LogP contribution in [0.25, 0.3) is 11.3 Å². The standard InChI is InChI=1S/C20H20N4O2S/c1-14(25)22-10-2-3-15-4-6-16(7-5-15)18-13-27-20(23-18)24-19(26)17-8-11-21-12-9-17/h4-9,11-13H,2-3,10H2,1H3,(H,22,25)(H,23,24,26). The number of thiazole rings is 1. The van der Waals surface area contributed by atoms with Crippen LogP contribution in [-0.4, -0.2) is 28.3 Å². The molecule has 0 saturated carbocycles. The highest BCUT2D eigenvalue weighted by atomic mass is 32.1. The molecular formula is C20H20N4O2S. The molecule has 0 radical (unpaired) electrons. The fraction of sp³-hybridized carbons (Fsp3) is 0.200. The van der Waals surface area contributed by atoms with E-state index in [1.54, 1.807) is 24.5 Å². The predicted octanol–water partition coefficient (Wildman–Crippen LogP) is 3.53. The van der Waals surface area contributed by atoms with Gasteiger partial charge in [-0.1, -0.05) is 24.3 Å². The number of benzene rings is 1. The van der Waals surface area contributed by atoms with Crippen LogP contribution < -0.4 is 10.6 Å². The SMILES string of the molecule is CC(=O)NCCCc1ccc(-c2csc(NC(=O)c3ccncc3)n2)cc1. The molecule has 3 rings (SSSR count). The first-order valence-electron chi connectivity index (χ1n) is 8.62. The van der Waals surface area contributed by atoms with Crippen molar-refractivity contribution in [1.82, 2.24) is 15.3 Å². The van der Waals surface area contributed by atoms with Gasteiger partial charge < -0.3 is 5.32 Å². The molecule has 0 saturated heterocycles. The molecule has 0 fully saturated rings. The number of nitrogens with one attached hydrogen (secondary N) is 2. The molecule has 0 aliphatic heterocycles. The molecule has 0 unspecified atom stereocenters. The monoisotopic (exact) mass is 380 g/mol. The molecule has 2 amide bonds. The first-order valence-corrected chi connectivity index (χ1v) is 9.50. The number of hydrogen-bond acceptors (Lipinski definition) is 5. The predicted molar refractivity (Wildman–Crippen MR) is 107 cm³/mol. The number of rotatable bonds is 7. The van der Waals surface area contributed by atoms with Crippen LogP contribution in [0, 0.1) is 0 Å². The van der Waals surface area contributed by atoms with Crippen LogP contribution in [-0.2, 0) is 11.2 Å². The summed E-state index contributed by atoms with van der Waals surface area (Å²) in [6.45, 7) is 2.21. The third-order valence-corrected chi connectivity index (χ3v) is 4.69. The van der Waals surface area contributed by atoms with E-state index in [-0.39, 0.29) is 11.8 Å². The zero-order valence-electron chi connectivity index (χ0n) is 14.9. The Kier molecular flexibility index (Phi) is 6.27. The van der Waals surface area contributed by atoms with Crippen molar-refractivity contribution in [3.05, 3.63) is 65.3 Å². The van der Waals surface area contributed by atoms with Gasteiger partial charge in [0.1, 0.15) is 0 Å². The molecule has 27 heavy (non-hydrogen) atoms. The van der Waals surface area contributed by atoms with Crippen molar-refractivity contribution in [3.63, 3.8) is 0 Å². The Bertz CT molecular complexity index is 907. The van der Waals surface area contributed by atoms with Crippen LogP contribution in [0.4, 0.5) is 5.13 Å². The Morgan fingerprint density at radius 1 is 1.07 bits per heavy atom. The molecular weight excluding hydrogens is 360 g/mol. The second-order valence-corrected chi connectivity index (χ2v) is 6.87. The zero-order chi connectivity index (χ0) is 19.1. The van der Waals surface area contributed by atoms with E-state index in [4.69, 9.17) is 0 Å². The van der Waals surface area contributed by atoms with Gasteiger partial charge in [0, 0.05) is 42.4 Å². The number of hydrogen-bond donors (Lipinski definition) is 2. The lowest BCUT2D eigenvalue weighted by molar-refractivity contribution is -0.118. The number of carbonyl (C=O) groups excluding carboxylic acids is 2. The van der Waals surface area contributed by atoms with Gasteiger partial charge in [0.15, 0.2) is 5.13 Å². The van der Waals surface area contributed by atoms with Crippen molar-refractivity contribution in [1.29, 1.82) is 0 Å². The number of nitrogens with zero attached hydrogens (tertiary/aromatic N) is 2. The van der Waals surface area contributed by atoms with E-state index in [2.05, 4.69) is 32.7 Å². The van der Waals surface area contributed by atoms with Crippen molar-refractivity contribution in [2.75, 3.05) is 11.9 Å². The Hall–Kier alpha value is -3.06. The van der Waals surface area contributed by atoms with Crippen LogP contribution in [0.2, 0.25) is 0 Å². The zero-order valence-corrected chi connectivity index (χ0v) is 15.8. The van der Waals surface area contributed by atoms with Crippen molar-refractivity contribution >= 4 is 28.3 Å². The Morgan fingerprint density at radius 2 is 1.81 bits per heavy atom. The first-order chi connectivity index (χ1) is 13.1. The van der Waals surface area contributed by atoms with Crippen molar-refractivity contribution in [2.45, 2.75) is 19.8 Å². The van der Waals surface area contributed by atoms with E-state index in [9.17, 15) is 9.59 Å². The van der Waals surface area contributed by atoms with Gasteiger partial charge in [0.2, 0.25) is 5.91 Å². The van der Waals surface area contributed by atoms with Gasteiger partial charge in [-0.2, -0.15) is 0 Å². The number of pyridine rings is 1. The molecule has 2 N–H and O–H groups in total. The topological polar surface area (TPSA) is 84.0 Å². The van der Waals surface area contributed by atoms with E-state index in [1.807, 2.05) is 17.5 Å². The van der Waals surface area contributed by atoms with Crippen molar-refractivity contribution < 1.29 is 9.59 Å². The smallest absolute Gasteiger partial charge is 0.257 e. The highest BCUT2D eigenvalue weighted by Crippen LogP contribution is 2.25. The molecule has 138 valence electrons. The third kappa shape index (κ3) is 5.46. The highest BCUT2D eigenvalue weighted by molar-refractivity contribution is 7.14. The van der Waals surface area contributed by atoms with E-state index in [1.165, 1.54) is 23.8 Å². The third-order valence-electron chi connectivity index (χ3n) is 3.93. The van der Waals surface area contributed by atoms with Crippen LogP contribution in [0.3, 0.4) is 0 Å². The minimum Gasteiger partial charge on any atom is -0.356 e. The summed E-state index contributed by atoms with van der Waals surface area (Å²) < 4.78 is 0. The second kappa shape index (κ2) is 9.05. The summed E-state index contributed by atoms with van der Waals surface area (Å²) in [5, 5.41) is 8.09. The average Bonchev–Trinajstić information content (AvgIpc) is 3.15. The first kappa shape index (κ1) is 18.7. The molecule has 0 aliphatic rings. The number of aryl methyl sites for hydroxylation is 1.